The largest absolute Gasteiger partial charge is 0.209 e. The fraction of sp³-hybridized carbons (Fsp3) is 0.159. The van der Waals surface area contributed by atoms with Crippen LogP contribution in [0.5, 0.6) is 0 Å². The van der Waals surface area contributed by atoms with E-state index >= 15 is 0 Å². The van der Waals surface area contributed by atoms with Gasteiger partial charge in [-0.15, -0.1) is 0 Å². The van der Waals surface area contributed by atoms with Crippen LogP contribution in [0, 0.1) is 0 Å². The van der Waals surface area contributed by atoms with Crippen LogP contribution in [0.3, 0.4) is 0 Å². The fourth-order valence-corrected chi connectivity index (χ4v) is 6.96. The van der Waals surface area contributed by atoms with Crippen LogP contribution in [0.25, 0.3) is 50.6 Å². The summed E-state index contributed by atoms with van der Waals surface area (Å²) >= 11 is 0. The predicted octanol–water partition coefficient (Wildman–Crippen LogP) is 11.4. The molecule has 1 aliphatic carbocycles. The molecule has 1 aromatic heterocycles. The molecule has 47 heavy (non-hydrogen) atoms. The van der Waals surface area contributed by atoms with Crippen LogP contribution in [-0.4, -0.2) is 15.0 Å². The molecule has 0 radical (unpaired) electrons. The number of benzene rings is 5. The summed E-state index contributed by atoms with van der Waals surface area (Å²) in [4.78, 5) is 14.8. The molecule has 1 heterocycles. The first-order valence-corrected chi connectivity index (χ1v) is 16.7. The van der Waals surface area contributed by atoms with E-state index in [1.165, 1.54) is 33.4 Å². The minimum atomic E-state index is -0.0179. The zero-order chi connectivity index (χ0) is 32.1. The number of nitrogens with zero attached hydrogens (tertiary/aromatic N) is 3. The van der Waals surface area contributed by atoms with E-state index in [1.54, 1.807) is 0 Å². The summed E-state index contributed by atoms with van der Waals surface area (Å²) in [5.74, 6) is 2.17. The average Bonchev–Trinajstić information content (AvgIpc) is 3.17. The smallest absolute Gasteiger partial charge is 0.164 e. The summed E-state index contributed by atoms with van der Waals surface area (Å²) in [5, 5.41) is 0. The van der Waals surface area contributed by atoms with Crippen molar-refractivity contribution >= 4 is 5.57 Å². The molecule has 0 saturated heterocycles. The molecule has 230 valence electrons. The highest BCUT2D eigenvalue weighted by atomic mass is 15.0. The first-order valence-electron chi connectivity index (χ1n) is 16.7. The molecule has 0 unspecified atom stereocenters. The van der Waals surface area contributed by atoms with Gasteiger partial charge in [0, 0.05) is 16.5 Å². The summed E-state index contributed by atoms with van der Waals surface area (Å²) < 4.78 is 0. The van der Waals surface area contributed by atoms with E-state index in [0.717, 1.165) is 48.2 Å². The number of hydrogen-bond donors (Lipinski definition) is 0. The summed E-state index contributed by atoms with van der Waals surface area (Å²) in [6, 6.07) is 49.1. The Bertz CT molecular complexity index is 1960. The second-order valence-corrected chi connectivity index (χ2v) is 12.2. The highest BCUT2D eigenvalue weighted by Gasteiger charge is 2.33. The van der Waals surface area contributed by atoms with Gasteiger partial charge in [-0.25, -0.2) is 15.0 Å². The van der Waals surface area contributed by atoms with E-state index < -0.39 is 0 Å². The fourth-order valence-electron chi connectivity index (χ4n) is 6.96. The van der Waals surface area contributed by atoms with Crippen molar-refractivity contribution in [3.05, 3.63) is 169 Å². The zero-order valence-electron chi connectivity index (χ0n) is 27.1. The van der Waals surface area contributed by atoms with Gasteiger partial charge in [0.25, 0.3) is 0 Å². The van der Waals surface area contributed by atoms with Gasteiger partial charge in [0.05, 0.1) is 0 Å². The van der Waals surface area contributed by atoms with Crippen molar-refractivity contribution in [3.8, 4) is 45.0 Å². The normalized spacial score (nSPS) is 13.1. The van der Waals surface area contributed by atoms with Crippen LogP contribution >= 0.6 is 0 Å². The highest BCUT2D eigenvalue weighted by Crippen LogP contribution is 2.44. The Kier molecular flexibility index (Phi) is 8.70. The van der Waals surface area contributed by atoms with E-state index in [1.807, 2.05) is 36.4 Å². The molecule has 3 heteroatoms. The van der Waals surface area contributed by atoms with Crippen molar-refractivity contribution in [2.45, 2.75) is 44.9 Å². The van der Waals surface area contributed by atoms with Crippen molar-refractivity contribution < 1.29 is 0 Å². The summed E-state index contributed by atoms with van der Waals surface area (Å²) in [6.07, 6.45) is 8.55. The van der Waals surface area contributed by atoms with E-state index in [-0.39, 0.29) is 5.41 Å². The van der Waals surface area contributed by atoms with Gasteiger partial charge in [0.2, 0.25) is 0 Å². The van der Waals surface area contributed by atoms with E-state index in [9.17, 15) is 0 Å². The van der Waals surface area contributed by atoms with Crippen LogP contribution in [0.2, 0.25) is 0 Å². The molecule has 0 spiro atoms. The Hall–Kier alpha value is -5.41. The molecular formula is C44H39N3. The standard InChI is InChI=1S/C44H39N3/c1-3-44(4-2,39-27-23-33(24-28-39)38-22-14-21-37(31-38)32-15-8-5-9-16-32)40-29-25-36(26-30-40)43-46-41(34-17-10-6-11-18-34)45-42(47-43)35-19-12-7-13-20-35/h5-25,27-29,31H,3-4,26,30H2,1-2H3. The molecule has 0 amide bonds. The Morgan fingerprint density at radius 3 is 1.40 bits per heavy atom. The third kappa shape index (κ3) is 6.22. The summed E-state index contributed by atoms with van der Waals surface area (Å²) in [6.45, 7) is 4.65. The third-order valence-corrected chi connectivity index (χ3v) is 9.70. The molecule has 0 atom stereocenters. The molecular weight excluding hydrogens is 571 g/mol. The topological polar surface area (TPSA) is 38.7 Å². The van der Waals surface area contributed by atoms with Gasteiger partial charge in [-0.2, -0.15) is 0 Å². The van der Waals surface area contributed by atoms with Crippen LogP contribution in [0.15, 0.2) is 157 Å². The van der Waals surface area contributed by atoms with Crippen molar-refractivity contribution in [3.63, 3.8) is 0 Å². The van der Waals surface area contributed by atoms with Crippen molar-refractivity contribution in [2.75, 3.05) is 0 Å². The quantitative estimate of drug-likeness (QED) is 0.164. The molecule has 1 aliphatic rings. The zero-order valence-corrected chi connectivity index (χ0v) is 27.1. The molecule has 0 fully saturated rings. The van der Waals surface area contributed by atoms with Gasteiger partial charge in [-0.05, 0) is 65.1 Å². The summed E-state index contributed by atoms with van der Waals surface area (Å²) in [7, 11) is 0. The first-order chi connectivity index (χ1) is 23.2. The molecule has 5 aromatic carbocycles. The lowest BCUT2D eigenvalue weighted by atomic mass is 9.67. The minimum absolute atomic E-state index is 0.0179. The SMILES string of the molecule is CCC(CC)(C1=CC=C(c2nc(-c3ccccc3)nc(-c3ccccc3)n2)CC1)c1ccc(-c2cccc(-c3ccccc3)c2)cc1. The van der Waals surface area contributed by atoms with E-state index in [0.29, 0.717) is 11.6 Å². The monoisotopic (exact) mass is 609 g/mol. The van der Waals surface area contributed by atoms with Gasteiger partial charge in [-0.1, -0.05) is 165 Å². The Morgan fingerprint density at radius 2 is 0.915 bits per heavy atom. The minimum Gasteiger partial charge on any atom is -0.209 e. The lowest BCUT2D eigenvalue weighted by Gasteiger charge is -2.37. The average molecular weight is 610 g/mol. The van der Waals surface area contributed by atoms with E-state index in [4.69, 9.17) is 15.0 Å². The number of hydrogen-bond acceptors (Lipinski definition) is 3. The molecule has 7 rings (SSSR count). The van der Waals surface area contributed by atoms with Gasteiger partial charge in [-0.3, -0.25) is 0 Å². The van der Waals surface area contributed by atoms with Crippen LogP contribution in [0.1, 0.15) is 50.9 Å². The third-order valence-electron chi connectivity index (χ3n) is 9.70. The second kappa shape index (κ2) is 13.5. The maximum Gasteiger partial charge on any atom is 0.164 e. The Labute approximate surface area is 278 Å². The highest BCUT2D eigenvalue weighted by molar-refractivity contribution is 5.74. The molecule has 6 aromatic rings. The molecule has 0 saturated carbocycles. The molecule has 0 bridgehead atoms. The number of rotatable bonds is 9. The molecule has 3 nitrogen and oxygen atoms in total. The van der Waals surface area contributed by atoms with Gasteiger partial charge < -0.3 is 0 Å². The Morgan fingerprint density at radius 1 is 0.447 bits per heavy atom. The second-order valence-electron chi connectivity index (χ2n) is 12.2. The van der Waals surface area contributed by atoms with Crippen LogP contribution in [-0.2, 0) is 5.41 Å². The summed E-state index contributed by atoms with van der Waals surface area (Å²) in [5.41, 5.74) is 10.9. The van der Waals surface area contributed by atoms with Gasteiger partial charge in [0.15, 0.2) is 17.5 Å². The first kappa shape index (κ1) is 30.3. The lowest BCUT2D eigenvalue weighted by molar-refractivity contribution is 0.451. The van der Waals surface area contributed by atoms with E-state index in [2.05, 4.69) is 129 Å². The Balaban J connectivity index is 1.20. The van der Waals surface area contributed by atoms with Crippen molar-refractivity contribution in [1.82, 2.24) is 15.0 Å². The van der Waals surface area contributed by atoms with Crippen molar-refractivity contribution in [2.24, 2.45) is 0 Å². The number of aromatic nitrogens is 3. The van der Waals surface area contributed by atoms with Crippen molar-refractivity contribution in [1.29, 1.82) is 0 Å². The maximum absolute atomic E-state index is 4.98. The number of allylic oxidation sites excluding steroid dienone is 4. The van der Waals surface area contributed by atoms with Crippen LogP contribution in [0.4, 0.5) is 0 Å². The van der Waals surface area contributed by atoms with Gasteiger partial charge >= 0.3 is 0 Å². The maximum atomic E-state index is 4.98. The lowest BCUT2D eigenvalue weighted by Crippen LogP contribution is -2.28. The van der Waals surface area contributed by atoms with Crippen LogP contribution < -0.4 is 0 Å². The molecule has 0 aliphatic heterocycles. The van der Waals surface area contributed by atoms with Gasteiger partial charge in [0.1, 0.15) is 0 Å². The molecule has 0 N–H and O–H groups in total. The predicted molar refractivity (Wildman–Crippen MR) is 196 cm³/mol.